The van der Waals surface area contributed by atoms with Gasteiger partial charge in [0.25, 0.3) is 0 Å². The van der Waals surface area contributed by atoms with Gasteiger partial charge in [-0.05, 0) is 36.5 Å². The van der Waals surface area contributed by atoms with Crippen LogP contribution in [-0.2, 0) is 0 Å². The van der Waals surface area contributed by atoms with Crippen molar-refractivity contribution in [2.24, 2.45) is 0 Å². The third-order valence-electron chi connectivity index (χ3n) is 2.27. The van der Waals surface area contributed by atoms with Crippen LogP contribution < -0.4 is 0 Å². The molecule has 0 fully saturated rings. The van der Waals surface area contributed by atoms with Gasteiger partial charge in [0.15, 0.2) is 0 Å². The minimum Gasteiger partial charge on any atom is -0.0683 e. The van der Waals surface area contributed by atoms with Crippen molar-refractivity contribution in [2.45, 2.75) is 61.3 Å². The van der Waals surface area contributed by atoms with Crippen LogP contribution in [0.2, 0.25) is 0 Å². The van der Waals surface area contributed by atoms with E-state index in [1.54, 1.807) is 0 Å². The van der Waals surface area contributed by atoms with Gasteiger partial charge in [0.2, 0.25) is 0 Å². The second-order valence-electron chi connectivity index (χ2n) is 3.44. The maximum Gasteiger partial charge on any atom is -0.0216 e. The van der Waals surface area contributed by atoms with Gasteiger partial charge >= 0.3 is 0 Å². The third kappa shape index (κ3) is 5.61. The fraction of sp³-hybridized carbons (Fsp3) is 0.600. The number of benzene rings is 1. The number of hydrogen-bond donors (Lipinski definition) is 0. The number of aryl methyl sites for hydroxylation is 1. The Morgan fingerprint density at radius 3 is 1.67 bits per heavy atom. The molecule has 1 rings (SSSR count). The standard InChI is InChI=1S/C11H16.2C2H6/c1-8(2)11-7-5-6-9(3)10(11)4;2*1-2/h5-8H,1-4H3;2*1-2H3. The Morgan fingerprint density at radius 1 is 0.867 bits per heavy atom. The SMILES string of the molecule is CC.CC.Cc1cccc(C(C)C)c1C. The van der Waals surface area contributed by atoms with Gasteiger partial charge in [-0.25, -0.2) is 0 Å². The minimum atomic E-state index is 0.648. The van der Waals surface area contributed by atoms with Crippen molar-refractivity contribution in [3.63, 3.8) is 0 Å². The van der Waals surface area contributed by atoms with E-state index in [4.69, 9.17) is 0 Å². The number of rotatable bonds is 1. The van der Waals surface area contributed by atoms with Crippen molar-refractivity contribution >= 4 is 0 Å². The Hall–Kier alpha value is -0.780. The monoisotopic (exact) mass is 208 g/mol. The first-order chi connectivity index (χ1) is 7.13. The Labute approximate surface area is 96.7 Å². The Bertz CT molecular complexity index is 246. The summed E-state index contributed by atoms with van der Waals surface area (Å²) in [6, 6.07) is 6.52. The van der Waals surface area contributed by atoms with Gasteiger partial charge in [-0.2, -0.15) is 0 Å². The molecule has 0 bridgehead atoms. The van der Waals surface area contributed by atoms with Crippen LogP contribution in [0.15, 0.2) is 18.2 Å². The van der Waals surface area contributed by atoms with E-state index in [0.29, 0.717) is 5.92 Å². The predicted molar refractivity (Wildman–Crippen MR) is 72.7 cm³/mol. The summed E-state index contributed by atoms with van der Waals surface area (Å²) in [6.07, 6.45) is 0. The van der Waals surface area contributed by atoms with E-state index in [9.17, 15) is 0 Å². The lowest BCUT2D eigenvalue weighted by molar-refractivity contribution is 0.854. The second kappa shape index (κ2) is 9.76. The molecule has 0 N–H and O–H groups in total. The molecule has 88 valence electrons. The van der Waals surface area contributed by atoms with Crippen molar-refractivity contribution in [3.8, 4) is 0 Å². The summed E-state index contributed by atoms with van der Waals surface area (Å²) in [4.78, 5) is 0. The summed E-state index contributed by atoms with van der Waals surface area (Å²) in [5.74, 6) is 0.648. The van der Waals surface area contributed by atoms with Crippen molar-refractivity contribution in [2.75, 3.05) is 0 Å². The van der Waals surface area contributed by atoms with E-state index < -0.39 is 0 Å². The molecule has 0 radical (unpaired) electrons. The Balaban J connectivity index is 0. The van der Waals surface area contributed by atoms with Crippen LogP contribution in [0.3, 0.4) is 0 Å². The minimum absolute atomic E-state index is 0.648. The summed E-state index contributed by atoms with van der Waals surface area (Å²) in [5.41, 5.74) is 4.32. The van der Waals surface area contributed by atoms with E-state index in [1.807, 2.05) is 27.7 Å². The van der Waals surface area contributed by atoms with Crippen LogP contribution in [-0.4, -0.2) is 0 Å². The highest BCUT2D eigenvalue weighted by molar-refractivity contribution is 5.34. The molecule has 0 aliphatic heterocycles. The second-order valence-corrected chi connectivity index (χ2v) is 3.44. The van der Waals surface area contributed by atoms with Gasteiger partial charge in [-0.1, -0.05) is 59.7 Å². The van der Waals surface area contributed by atoms with Crippen LogP contribution in [0.25, 0.3) is 0 Å². The molecule has 0 spiro atoms. The normalized spacial score (nSPS) is 8.60. The molecule has 0 aliphatic rings. The molecule has 0 saturated heterocycles. The molecule has 0 aliphatic carbocycles. The first-order valence-electron chi connectivity index (χ1n) is 6.19. The van der Waals surface area contributed by atoms with Crippen molar-refractivity contribution in [1.82, 2.24) is 0 Å². The van der Waals surface area contributed by atoms with Gasteiger partial charge in [0.05, 0.1) is 0 Å². The van der Waals surface area contributed by atoms with Gasteiger partial charge in [-0.15, -0.1) is 0 Å². The highest BCUT2D eigenvalue weighted by Crippen LogP contribution is 2.20. The fourth-order valence-electron chi connectivity index (χ4n) is 1.40. The summed E-state index contributed by atoms with van der Waals surface area (Å²) in [6.45, 7) is 16.8. The summed E-state index contributed by atoms with van der Waals surface area (Å²) in [7, 11) is 0. The van der Waals surface area contributed by atoms with E-state index in [0.717, 1.165) is 0 Å². The van der Waals surface area contributed by atoms with Gasteiger partial charge in [0, 0.05) is 0 Å². The Kier molecular flexibility index (Phi) is 10.8. The molecule has 0 unspecified atom stereocenters. The maximum absolute atomic E-state index is 2.24. The molecule has 1 aromatic rings. The molecule has 1 aromatic carbocycles. The molecular formula is C15H28. The summed E-state index contributed by atoms with van der Waals surface area (Å²) < 4.78 is 0. The van der Waals surface area contributed by atoms with Crippen LogP contribution in [0, 0.1) is 13.8 Å². The molecule has 0 heterocycles. The predicted octanol–water partition coefficient (Wildman–Crippen LogP) is 5.48. The van der Waals surface area contributed by atoms with Gasteiger partial charge < -0.3 is 0 Å². The van der Waals surface area contributed by atoms with E-state index in [-0.39, 0.29) is 0 Å². The van der Waals surface area contributed by atoms with E-state index in [1.165, 1.54) is 16.7 Å². The van der Waals surface area contributed by atoms with Crippen LogP contribution in [0.5, 0.6) is 0 Å². The average molecular weight is 208 g/mol. The lowest BCUT2D eigenvalue weighted by Crippen LogP contribution is -1.93. The zero-order chi connectivity index (χ0) is 12.4. The van der Waals surface area contributed by atoms with Gasteiger partial charge in [-0.3, -0.25) is 0 Å². The molecule has 0 aromatic heterocycles. The zero-order valence-electron chi connectivity index (χ0n) is 11.8. The molecule has 0 atom stereocenters. The lowest BCUT2D eigenvalue weighted by atomic mass is 9.95. The quantitative estimate of drug-likeness (QED) is 0.573. The lowest BCUT2D eigenvalue weighted by Gasteiger charge is -2.10. The van der Waals surface area contributed by atoms with Crippen LogP contribution >= 0.6 is 0 Å². The average Bonchev–Trinajstić information content (AvgIpc) is 2.27. The van der Waals surface area contributed by atoms with Crippen molar-refractivity contribution in [3.05, 3.63) is 34.9 Å². The highest BCUT2D eigenvalue weighted by Gasteiger charge is 2.03. The summed E-state index contributed by atoms with van der Waals surface area (Å²) in [5, 5.41) is 0. The molecule has 0 amide bonds. The maximum atomic E-state index is 2.24. The van der Waals surface area contributed by atoms with E-state index >= 15 is 0 Å². The Morgan fingerprint density at radius 2 is 1.33 bits per heavy atom. The van der Waals surface area contributed by atoms with Crippen molar-refractivity contribution in [1.29, 1.82) is 0 Å². The van der Waals surface area contributed by atoms with Crippen LogP contribution in [0.1, 0.15) is 64.2 Å². The largest absolute Gasteiger partial charge is 0.0683 e. The topological polar surface area (TPSA) is 0 Å². The van der Waals surface area contributed by atoms with Crippen LogP contribution in [0.4, 0.5) is 0 Å². The van der Waals surface area contributed by atoms with E-state index in [2.05, 4.69) is 45.9 Å². The molecule has 0 nitrogen and oxygen atoms in total. The first kappa shape index (κ1) is 16.6. The third-order valence-corrected chi connectivity index (χ3v) is 2.27. The van der Waals surface area contributed by atoms with Crippen molar-refractivity contribution < 1.29 is 0 Å². The first-order valence-corrected chi connectivity index (χ1v) is 6.19. The van der Waals surface area contributed by atoms with Gasteiger partial charge in [0.1, 0.15) is 0 Å². The number of hydrogen-bond acceptors (Lipinski definition) is 0. The molecule has 0 heteroatoms. The summed E-state index contributed by atoms with van der Waals surface area (Å²) >= 11 is 0. The molecule has 15 heavy (non-hydrogen) atoms. The zero-order valence-corrected chi connectivity index (χ0v) is 11.8. The fourth-order valence-corrected chi connectivity index (χ4v) is 1.40. The molecule has 0 saturated carbocycles. The highest BCUT2D eigenvalue weighted by atomic mass is 14.1. The smallest absolute Gasteiger partial charge is 0.0216 e. The molecular weight excluding hydrogens is 180 g/mol.